The Morgan fingerprint density at radius 1 is 1.05 bits per heavy atom. The molecule has 0 radical (unpaired) electrons. The van der Waals surface area contributed by atoms with Crippen LogP contribution in [0.25, 0.3) is 11.1 Å². The molecule has 2 aromatic carbocycles. The normalized spacial score (nSPS) is 10.2. The fourth-order valence-corrected chi connectivity index (χ4v) is 2.04. The zero-order valence-electron chi connectivity index (χ0n) is 10.6. The first-order valence-electron chi connectivity index (χ1n) is 6.09. The molecule has 0 saturated heterocycles. The van der Waals surface area contributed by atoms with Gasteiger partial charge >= 0.3 is 5.97 Å². The Balaban J connectivity index is 2.55. The number of benzene rings is 2. The summed E-state index contributed by atoms with van der Waals surface area (Å²) >= 11 is 0. The number of rotatable bonds is 4. The monoisotopic (exact) mass is 254 g/mol. The van der Waals surface area contributed by atoms with Crippen LogP contribution >= 0.6 is 0 Å². The highest BCUT2D eigenvalue weighted by molar-refractivity contribution is 6.40. The Labute approximate surface area is 111 Å². The van der Waals surface area contributed by atoms with E-state index in [1.807, 2.05) is 43.3 Å². The van der Waals surface area contributed by atoms with Gasteiger partial charge in [0, 0.05) is 5.56 Å². The molecule has 2 aromatic rings. The number of ketones is 1. The van der Waals surface area contributed by atoms with Gasteiger partial charge in [-0.2, -0.15) is 0 Å². The number of hydrogen-bond donors (Lipinski definition) is 1. The third kappa shape index (κ3) is 2.71. The Morgan fingerprint density at radius 3 is 2.32 bits per heavy atom. The number of carbonyl (C=O) groups is 2. The molecule has 0 heterocycles. The average Bonchev–Trinajstić information content (AvgIpc) is 2.46. The maximum absolute atomic E-state index is 11.5. The molecule has 0 aromatic heterocycles. The molecule has 0 bridgehead atoms. The highest BCUT2D eigenvalue weighted by Crippen LogP contribution is 2.25. The second-order valence-electron chi connectivity index (χ2n) is 4.23. The number of carboxylic acids is 1. The van der Waals surface area contributed by atoms with Gasteiger partial charge in [0.2, 0.25) is 0 Å². The lowest BCUT2D eigenvalue weighted by atomic mass is 9.95. The number of aliphatic carboxylic acids is 1. The van der Waals surface area contributed by atoms with E-state index in [0.717, 1.165) is 23.1 Å². The summed E-state index contributed by atoms with van der Waals surface area (Å²) in [5, 5.41) is 8.77. The van der Waals surface area contributed by atoms with Crippen LogP contribution in [0.2, 0.25) is 0 Å². The topological polar surface area (TPSA) is 54.4 Å². The molecule has 0 atom stereocenters. The van der Waals surface area contributed by atoms with Crippen LogP contribution in [0.4, 0.5) is 0 Å². The summed E-state index contributed by atoms with van der Waals surface area (Å²) in [5.74, 6) is -2.30. The summed E-state index contributed by atoms with van der Waals surface area (Å²) < 4.78 is 0. The molecule has 0 amide bonds. The highest BCUT2D eigenvalue weighted by Gasteiger charge is 2.16. The first-order chi connectivity index (χ1) is 9.13. The van der Waals surface area contributed by atoms with Gasteiger partial charge in [-0.3, -0.25) is 4.79 Å². The van der Waals surface area contributed by atoms with Crippen LogP contribution in [0, 0.1) is 0 Å². The number of carboxylic acid groups (broad SMARTS) is 1. The van der Waals surface area contributed by atoms with Crippen LogP contribution in [-0.2, 0) is 11.2 Å². The van der Waals surface area contributed by atoms with Crippen molar-refractivity contribution in [1.29, 1.82) is 0 Å². The summed E-state index contributed by atoms with van der Waals surface area (Å²) in [6.45, 7) is 2.03. The number of hydrogen-bond acceptors (Lipinski definition) is 2. The lowest BCUT2D eigenvalue weighted by Crippen LogP contribution is -2.12. The molecular weight excluding hydrogens is 240 g/mol. The highest BCUT2D eigenvalue weighted by atomic mass is 16.4. The van der Waals surface area contributed by atoms with E-state index in [9.17, 15) is 9.59 Å². The third-order valence-corrected chi connectivity index (χ3v) is 3.03. The minimum absolute atomic E-state index is 0.212. The molecular formula is C16H14O3. The Kier molecular flexibility index (Phi) is 3.76. The molecule has 0 aliphatic carbocycles. The first-order valence-corrected chi connectivity index (χ1v) is 6.09. The number of aryl methyl sites for hydroxylation is 1. The van der Waals surface area contributed by atoms with Crippen LogP contribution in [-0.4, -0.2) is 16.9 Å². The lowest BCUT2D eigenvalue weighted by molar-refractivity contribution is -0.131. The van der Waals surface area contributed by atoms with E-state index in [1.165, 1.54) is 0 Å². The van der Waals surface area contributed by atoms with Gasteiger partial charge in [0.25, 0.3) is 5.78 Å². The fourth-order valence-electron chi connectivity index (χ4n) is 2.04. The van der Waals surface area contributed by atoms with E-state index < -0.39 is 11.8 Å². The predicted octanol–water partition coefficient (Wildman–Crippen LogP) is 3.18. The molecule has 2 rings (SSSR count). The summed E-state index contributed by atoms with van der Waals surface area (Å²) in [4.78, 5) is 22.3. The van der Waals surface area contributed by atoms with E-state index in [1.54, 1.807) is 12.1 Å². The van der Waals surface area contributed by atoms with Gasteiger partial charge in [0.05, 0.1) is 0 Å². The van der Waals surface area contributed by atoms with Crippen LogP contribution in [0.3, 0.4) is 0 Å². The van der Waals surface area contributed by atoms with E-state index in [2.05, 4.69) is 0 Å². The van der Waals surface area contributed by atoms with Gasteiger partial charge in [-0.15, -0.1) is 0 Å². The predicted molar refractivity (Wildman–Crippen MR) is 73.2 cm³/mol. The van der Waals surface area contributed by atoms with Crippen molar-refractivity contribution in [2.24, 2.45) is 0 Å². The van der Waals surface area contributed by atoms with Crippen LogP contribution in [0.1, 0.15) is 22.8 Å². The second kappa shape index (κ2) is 5.48. The van der Waals surface area contributed by atoms with Crippen molar-refractivity contribution in [2.75, 3.05) is 0 Å². The number of Topliss-reactive ketones (excluding diaryl/α,β-unsaturated/α-hetero) is 1. The second-order valence-corrected chi connectivity index (χ2v) is 4.23. The van der Waals surface area contributed by atoms with Gasteiger partial charge in [-0.1, -0.05) is 49.4 Å². The van der Waals surface area contributed by atoms with Crippen molar-refractivity contribution >= 4 is 11.8 Å². The van der Waals surface area contributed by atoms with Gasteiger partial charge in [-0.05, 0) is 29.2 Å². The molecule has 0 fully saturated rings. The van der Waals surface area contributed by atoms with Crippen molar-refractivity contribution in [1.82, 2.24) is 0 Å². The number of carbonyl (C=O) groups excluding carboxylic acids is 1. The van der Waals surface area contributed by atoms with Crippen molar-refractivity contribution in [3.8, 4) is 11.1 Å². The summed E-state index contributed by atoms with van der Waals surface area (Å²) in [7, 11) is 0. The largest absolute Gasteiger partial charge is 0.475 e. The van der Waals surface area contributed by atoms with Crippen molar-refractivity contribution < 1.29 is 14.7 Å². The van der Waals surface area contributed by atoms with E-state index in [-0.39, 0.29) is 5.56 Å². The van der Waals surface area contributed by atoms with E-state index >= 15 is 0 Å². The quantitative estimate of drug-likeness (QED) is 0.673. The Morgan fingerprint density at radius 2 is 1.74 bits per heavy atom. The zero-order chi connectivity index (χ0) is 13.8. The van der Waals surface area contributed by atoms with Crippen molar-refractivity contribution in [2.45, 2.75) is 13.3 Å². The third-order valence-electron chi connectivity index (χ3n) is 3.03. The molecule has 0 spiro atoms. The Hall–Kier alpha value is -2.42. The molecule has 0 unspecified atom stereocenters. The zero-order valence-corrected chi connectivity index (χ0v) is 10.6. The summed E-state index contributed by atoms with van der Waals surface area (Å²) in [5.41, 5.74) is 3.20. The molecule has 0 aliphatic heterocycles. The van der Waals surface area contributed by atoms with Crippen LogP contribution in [0.15, 0.2) is 48.5 Å². The van der Waals surface area contributed by atoms with E-state index in [0.29, 0.717) is 0 Å². The molecule has 1 N–H and O–H groups in total. The van der Waals surface area contributed by atoms with Gasteiger partial charge in [-0.25, -0.2) is 4.79 Å². The molecule has 0 saturated carbocycles. The summed E-state index contributed by atoms with van der Waals surface area (Å²) in [6, 6.07) is 14.7. The van der Waals surface area contributed by atoms with Crippen molar-refractivity contribution in [3.05, 3.63) is 59.7 Å². The van der Waals surface area contributed by atoms with Crippen LogP contribution < -0.4 is 0 Å². The molecule has 3 heteroatoms. The molecule has 3 nitrogen and oxygen atoms in total. The standard InChI is InChI=1S/C16H14O3/c1-2-11-8-9-13(15(17)16(18)19)10-14(11)12-6-4-3-5-7-12/h3-10H,2H2,1H3,(H,18,19). The fraction of sp³-hybridized carbons (Fsp3) is 0.125. The minimum atomic E-state index is -1.43. The minimum Gasteiger partial charge on any atom is -0.475 e. The molecule has 19 heavy (non-hydrogen) atoms. The Bertz CT molecular complexity index is 615. The van der Waals surface area contributed by atoms with Gasteiger partial charge in [0.1, 0.15) is 0 Å². The first kappa shape index (κ1) is 13.0. The van der Waals surface area contributed by atoms with E-state index in [4.69, 9.17) is 5.11 Å². The summed E-state index contributed by atoms with van der Waals surface area (Å²) in [6.07, 6.45) is 0.825. The SMILES string of the molecule is CCc1ccc(C(=O)C(=O)O)cc1-c1ccccc1. The van der Waals surface area contributed by atoms with Gasteiger partial charge < -0.3 is 5.11 Å². The van der Waals surface area contributed by atoms with Crippen LogP contribution in [0.5, 0.6) is 0 Å². The van der Waals surface area contributed by atoms with Crippen molar-refractivity contribution in [3.63, 3.8) is 0 Å². The van der Waals surface area contributed by atoms with Gasteiger partial charge in [0.15, 0.2) is 0 Å². The lowest BCUT2D eigenvalue weighted by Gasteiger charge is -2.09. The average molecular weight is 254 g/mol. The molecule has 0 aliphatic rings. The maximum atomic E-state index is 11.5. The maximum Gasteiger partial charge on any atom is 0.377 e. The molecule has 96 valence electrons. The smallest absolute Gasteiger partial charge is 0.377 e.